The lowest BCUT2D eigenvalue weighted by atomic mass is 10.2. The van der Waals surface area contributed by atoms with Crippen molar-refractivity contribution in [3.8, 4) is 0 Å². The van der Waals surface area contributed by atoms with Crippen LogP contribution in [0.3, 0.4) is 0 Å². The standard InChI is InChI=1S/C9H9FN2O/c1-6(13)7-2-3-9-8(10)4-11-12(9)5-7/h2-6,13H,1H3. The highest BCUT2D eigenvalue weighted by Crippen LogP contribution is 2.14. The Hall–Kier alpha value is -1.42. The van der Waals surface area contributed by atoms with Crippen molar-refractivity contribution in [2.75, 3.05) is 0 Å². The molecule has 0 amide bonds. The molecule has 0 aliphatic rings. The van der Waals surface area contributed by atoms with Crippen LogP contribution in [0, 0.1) is 5.82 Å². The van der Waals surface area contributed by atoms with E-state index in [-0.39, 0.29) is 5.82 Å². The van der Waals surface area contributed by atoms with E-state index >= 15 is 0 Å². The molecule has 0 spiro atoms. The third-order valence-electron chi connectivity index (χ3n) is 1.97. The topological polar surface area (TPSA) is 37.5 Å². The van der Waals surface area contributed by atoms with Crippen molar-refractivity contribution >= 4 is 5.52 Å². The lowest BCUT2D eigenvalue weighted by molar-refractivity contribution is 0.198. The van der Waals surface area contributed by atoms with E-state index in [1.807, 2.05) is 0 Å². The maximum absolute atomic E-state index is 12.9. The summed E-state index contributed by atoms with van der Waals surface area (Å²) in [6.45, 7) is 1.65. The van der Waals surface area contributed by atoms with E-state index in [4.69, 9.17) is 0 Å². The number of fused-ring (bicyclic) bond motifs is 1. The number of halogens is 1. The minimum atomic E-state index is -0.559. The zero-order chi connectivity index (χ0) is 9.42. The Morgan fingerprint density at radius 3 is 3.00 bits per heavy atom. The van der Waals surface area contributed by atoms with Crippen LogP contribution in [-0.4, -0.2) is 14.7 Å². The fourth-order valence-corrected chi connectivity index (χ4v) is 1.22. The van der Waals surface area contributed by atoms with Gasteiger partial charge in [0.05, 0.1) is 12.3 Å². The average Bonchev–Trinajstić information content (AvgIpc) is 2.47. The quantitative estimate of drug-likeness (QED) is 0.722. The Bertz CT molecular complexity index is 436. The molecule has 2 aromatic heterocycles. The van der Waals surface area contributed by atoms with Crippen LogP contribution in [0.1, 0.15) is 18.6 Å². The monoisotopic (exact) mass is 180 g/mol. The maximum atomic E-state index is 12.9. The van der Waals surface area contributed by atoms with Gasteiger partial charge in [0, 0.05) is 6.20 Å². The van der Waals surface area contributed by atoms with Crippen molar-refractivity contribution in [1.82, 2.24) is 9.61 Å². The first kappa shape index (κ1) is 8.19. The van der Waals surface area contributed by atoms with Crippen LogP contribution < -0.4 is 0 Å². The molecule has 0 aliphatic heterocycles. The van der Waals surface area contributed by atoms with Gasteiger partial charge in [-0.2, -0.15) is 5.10 Å². The molecule has 0 aliphatic carbocycles. The number of nitrogens with zero attached hydrogens (tertiary/aromatic N) is 2. The first-order valence-electron chi connectivity index (χ1n) is 3.99. The molecule has 0 radical (unpaired) electrons. The normalized spacial score (nSPS) is 13.5. The molecule has 2 heterocycles. The van der Waals surface area contributed by atoms with Gasteiger partial charge in [-0.25, -0.2) is 8.91 Å². The van der Waals surface area contributed by atoms with Crippen LogP contribution in [0.25, 0.3) is 5.52 Å². The summed E-state index contributed by atoms with van der Waals surface area (Å²) in [6, 6.07) is 3.29. The van der Waals surface area contributed by atoms with Crippen molar-refractivity contribution in [1.29, 1.82) is 0 Å². The first-order valence-corrected chi connectivity index (χ1v) is 3.99. The fourth-order valence-electron chi connectivity index (χ4n) is 1.22. The molecule has 1 N–H and O–H groups in total. The highest BCUT2D eigenvalue weighted by Gasteiger charge is 2.05. The average molecular weight is 180 g/mol. The molecule has 0 saturated carbocycles. The molecule has 13 heavy (non-hydrogen) atoms. The molecule has 2 aromatic rings. The maximum Gasteiger partial charge on any atom is 0.168 e. The minimum Gasteiger partial charge on any atom is -0.389 e. The first-order chi connectivity index (χ1) is 6.18. The van der Waals surface area contributed by atoms with Crippen LogP contribution in [0.2, 0.25) is 0 Å². The second kappa shape index (κ2) is 2.81. The Morgan fingerprint density at radius 2 is 2.31 bits per heavy atom. The largest absolute Gasteiger partial charge is 0.389 e. The van der Waals surface area contributed by atoms with E-state index in [0.717, 1.165) is 11.8 Å². The molecule has 0 fully saturated rings. The third-order valence-corrected chi connectivity index (χ3v) is 1.97. The Balaban J connectivity index is 2.63. The second-order valence-electron chi connectivity index (χ2n) is 2.96. The van der Waals surface area contributed by atoms with Gasteiger partial charge in [-0.15, -0.1) is 0 Å². The zero-order valence-electron chi connectivity index (χ0n) is 7.11. The van der Waals surface area contributed by atoms with E-state index in [9.17, 15) is 9.50 Å². The number of aromatic nitrogens is 2. The van der Waals surface area contributed by atoms with Gasteiger partial charge < -0.3 is 5.11 Å². The number of aliphatic hydroxyl groups excluding tert-OH is 1. The number of hydrogen-bond acceptors (Lipinski definition) is 2. The van der Waals surface area contributed by atoms with Gasteiger partial charge in [0.25, 0.3) is 0 Å². The van der Waals surface area contributed by atoms with Gasteiger partial charge in [-0.1, -0.05) is 6.07 Å². The van der Waals surface area contributed by atoms with Crippen molar-refractivity contribution in [2.45, 2.75) is 13.0 Å². The molecule has 3 nitrogen and oxygen atoms in total. The molecular weight excluding hydrogens is 171 g/mol. The lowest BCUT2D eigenvalue weighted by Crippen LogP contribution is -1.95. The van der Waals surface area contributed by atoms with Gasteiger partial charge in [-0.3, -0.25) is 0 Å². The molecule has 4 heteroatoms. The van der Waals surface area contributed by atoms with Crippen molar-refractivity contribution in [3.63, 3.8) is 0 Å². The summed E-state index contributed by atoms with van der Waals surface area (Å²) in [6.07, 6.45) is 2.21. The molecule has 2 rings (SSSR count). The van der Waals surface area contributed by atoms with Crippen LogP contribution in [-0.2, 0) is 0 Å². The van der Waals surface area contributed by atoms with Gasteiger partial charge >= 0.3 is 0 Å². The van der Waals surface area contributed by atoms with E-state index < -0.39 is 6.10 Å². The van der Waals surface area contributed by atoms with Crippen LogP contribution in [0.4, 0.5) is 4.39 Å². The van der Waals surface area contributed by atoms with Gasteiger partial charge in [0.2, 0.25) is 0 Å². The summed E-state index contributed by atoms with van der Waals surface area (Å²) in [5, 5.41) is 13.0. The summed E-state index contributed by atoms with van der Waals surface area (Å²) in [4.78, 5) is 0. The molecule has 1 unspecified atom stereocenters. The Morgan fingerprint density at radius 1 is 1.54 bits per heavy atom. The highest BCUT2D eigenvalue weighted by atomic mass is 19.1. The number of rotatable bonds is 1. The van der Waals surface area contributed by atoms with Crippen molar-refractivity contribution in [3.05, 3.63) is 35.9 Å². The molecular formula is C9H9FN2O. The Labute approximate surface area is 74.4 Å². The van der Waals surface area contributed by atoms with E-state index in [1.165, 1.54) is 4.52 Å². The molecule has 0 saturated heterocycles. The zero-order valence-corrected chi connectivity index (χ0v) is 7.11. The molecule has 1 atom stereocenters. The lowest BCUT2D eigenvalue weighted by Gasteiger charge is -2.03. The van der Waals surface area contributed by atoms with E-state index in [1.54, 1.807) is 25.3 Å². The minimum absolute atomic E-state index is 0.350. The predicted molar refractivity (Wildman–Crippen MR) is 45.8 cm³/mol. The third kappa shape index (κ3) is 1.29. The van der Waals surface area contributed by atoms with Crippen molar-refractivity contribution < 1.29 is 9.50 Å². The summed E-state index contributed by atoms with van der Waals surface area (Å²) in [5.41, 5.74) is 1.14. The van der Waals surface area contributed by atoms with Gasteiger partial charge in [0.1, 0.15) is 5.52 Å². The smallest absolute Gasteiger partial charge is 0.168 e. The van der Waals surface area contributed by atoms with Crippen LogP contribution in [0.5, 0.6) is 0 Å². The van der Waals surface area contributed by atoms with Crippen molar-refractivity contribution in [2.24, 2.45) is 0 Å². The van der Waals surface area contributed by atoms with Crippen LogP contribution in [0.15, 0.2) is 24.5 Å². The summed E-state index contributed by atoms with van der Waals surface area (Å²) < 4.78 is 14.3. The molecule has 68 valence electrons. The Kier molecular flexibility index (Phi) is 1.77. The summed E-state index contributed by atoms with van der Waals surface area (Å²) in [5.74, 6) is -0.350. The van der Waals surface area contributed by atoms with E-state index in [0.29, 0.717) is 5.52 Å². The molecule has 0 aromatic carbocycles. The number of aliphatic hydroxyl groups is 1. The van der Waals surface area contributed by atoms with E-state index in [2.05, 4.69) is 5.10 Å². The fraction of sp³-hybridized carbons (Fsp3) is 0.222. The van der Waals surface area contributed by atoms with Crippen LogP contribution >= 0.6 is 0 Å². The second-order valence-corrected chi connectivity index (χ2v) is 2.96. The SMILES string of the molecule is CC(O)c1ccc2c(F)cnn2c1. The van der Waals surface area contributed by atoms with Gasteiger partial charge in [0.15, 0.2) is 5.82 Å². The van der Waals surface area contributed by atoms with Gasteiger partial charge in [-0.05, 0) is 18.6 Å². The predicted octanol–water partition coefficient (Wildman–Crippen LogP) is 1.53. The summed E-state index contributed by atoms with van der Waals surface area (Å²) in [7, 11) is 0. The highest BCUT2D eigenvalue weighted by molar-refractivity contribution is 5.47. The summed E-state index contributed by atoms with van der Waals surface area (Å²) >= 11 is 0. The number of hydrogen-bond donors (Lipinski definition) is 1. The number of pyridine rings is 1. The molecule has 0 bridgehead atoms.